The lowest BCUT2D eigenvalue weighted by atomic mass is 10.1. The molecule has 3 rings (SSSR count). The Balaban J connectivity index is 1.49. The Morgan fingerprint density at radius 1 is 0.857 bits per heavy atom. The van der Waals surface area contributed by atoms with Gasteiger partial charge in [0, 0.05) is 6.54 Å². The first-order valence-corrected chi connectivity index (χ1v) is 10.8. The minimum atomic E-state index is -3.45. The molecule has 0 radical (unpaired) electrons. The van der Waals surface area contributed by atoms with Gasteiger partial charge in [-0.1, -0.05) is 54.6 Å². The normalized spacial score (nSPS) is 11.2. The highest BCUT2D eigenvalue weighted by Gasteiger charge is 2.11. The fourth-order valence-electron chi connectivity index (χ4n) is 2.80. The highest BCUT2D eigenvalue weighted by atomic mass is 32.2. The summed E-state index contributed by atoms with van der Waals surface area (Å²) < 4.78 is 26.9. The molecule has 0 saturated carbocycles. The van der Waals surface area contributed by atoms with E-state index in [1.165, 1.54) is 11.1 Å². The van der Waals surface area contributed by atoms with Crippen LogP contribution in [-0.2, 0) is 23.0 Å². The van der Waals surface area contributed by atoms with Crippen LogP contribution >= 0.6 is 0 Å². The molecule has 146 valence electrons. The lowest BCUT2D eigenvalue weighted by Crippen LogP contribution is -2.18. The van der Waals surface area contributed by atoms with Crippen molar-refractivity contribution in [1.29, 1.82) is 0 Å². The van der Waals surface area contributed by atoms with Gasteiger partial charge in [0.05, 0.1) is 5.75 Å². The number of hydrogen-bond acceptors (Lipinski definition) is 5. The summed E-state index contributed by atoms with van der Waals surface area (Å²) in [5.41, 5.74) is 3.50. The quantitative estimate of drug-likeness (QED) is 0.575. The highest BCUT2D eigenvalue weighted by Crippen LogP contribution is 2.12. The third kappa shape index (κ3) is 6.06. The van der Waals surface area contributed by atoms with E-state index in [9.17, 15) is 8.42 Å². The van der Waals surface area contributed by atoms with E-state index in [-0.39, 0.29) is 11.6 Å². The molecule has 3 aromatic rings. The van der Waals surface area contributed by atoms with Crippen LogP contribution < -0.4 is 10.0 Å². The molecule has 1 aromatic heterocycles. The van der Waals surface area contributed by atoms with Gasteiger partial charge in [-0.25, -0.2) is 8.42 Å². The number of rotatable bonds is 9. The Labute approximate surface area is 166 Å². The van der Waals surface area contributed by atoms with Gasteiger partial charge in [0.1, 0.15) is 5.82 Å². The standard InChI is InChI=1S/C21H24N4O2S/c1-17-8-5-6-12-19(17)16-22-20-13-14-21(24-23-20)25-28(26,27)15-7-11-18-9-3-2-4-10-18/h2-6,8-10,12-14H,7,11,15-16H2,1H3,(H,22,23)(H,24,25). The average molecular weight is 397 g/mol. The Bertz CT molecular complexity index is 990. The second-order valence-electron chi connectivity index (χ2n) is 6.59. The maximum Gasteiger partial charge on any atom is 0.233 e. The van der Waals surface area contributed by atoms with Crippen molar-refractivity contribution < 1.29 is 8.42 Å². The summed E-state index contributed by atoms with van der Waals surface area (Å²) in [6, 6.07) is 21.3. The Morgan fingerprint density at radius 2 is 1.54 bits per heavy atom. The third-order valence-corrected chi connectivity index (χ3v) is 5.71. The zero-order valence-electron chi connectivity index (χ0n) is 15.8. The molecule has 0 fully saturated rings. The fraction of sp³-hybridized carbons (Fsp3) is 0.238. The van der Waals surface area contributed by atoms with Gasteiger partial charge in [0.2, 0.25) is 10.0 Å². The van der Waals surface area contributed by atoms with Crippen LogP contribution in [0, 0.1) is 6.92 Å². The van der Waals surface area contributed by atoms with Gasteiger partial charge < -0.3 is 5.32 Å². The molecule has 0 aliphatic carbocycles. The molecule has 0 saturated heterocycles. The number of benzene rings is 2. The van der Waals surface area contributed by atoms with Crippen LogP contribution in [0.25, 0.3) is 0 Å². The van der Waals surface area contributed by atoms with E-state index in [4.69, 9.17) is 0 Å². The first kappa shape index (κ1) is 19.8. The van der Waals surface area contributed by atoms with Crippen LogP contribution in [0.3, 0.4) is 0 Å². The zero-order valence-corrected chi connectivity index (χ0v) is 16.6. The van der Waals surface area contributed by atoms with Crippen LogP contribution in [0.1, 0.15) is 23.1 Å². The summed E-state index contributed by atoms with van der Waals surface area (Å²) in [6.07, 6.45) is 1.26. The minimum absolute atomic E-state index is 0.0386. The molecule has 0 aliphatic rings. The van der Waals surface area contributed by atoms with Gasteiger partial charge in [-0.15, -0.1) is 10.2 Å². The minimum Gasteiger partial charge on any atom is -0.364 e. The molecule has 0 spiro atoms. The number of nitrogens with one attached hydrogen (secondary N) is 2. The van der Waals surface area contributed by atoms with Gasteiger partial charge in [-0.2, -0.15) is 0 Å². The van der Waals surface area contributed by atoms with Crippen molar-refractivity contribution >= 4 is 21.7 Å². The molecular weight excluding hydrogens is 372 g/mol. The van der Waals surface area contributed by atoms with Crippen LogP contribution in [0.15, 0.2) is 66.7 Å². The van der Waals surface area contributed by atoms with Gasteiger partial charge >= 0.3 is 0 Å². The molecule has 0 aliphatic heterocycles. The Hall–Kier alpha value is -2.93. The Morgan fingerprint density at radius 3 is 2.25 bits per heavy atom. The second kappa shape index (κ2) is 9.32. The average Bonchev–Trinajstić information content (AvgIpc) is 2.69. The third-order valence-electron chi connectivity index (χ3n) is 4.37. The topological polar surface area (TPSA) is 84.0 Å². The van der Waals surface area contributed by atoms with Crippen molar-refractivity contribution in [2.45, 2.75) is 26.3 Å². The van der Waals surface area contributed by atoms with Crippen LogP contribution in [0.4, 0.5) is 11.6 Å². The van der Waals surface area contributed by atoms with Crippen molar-refractivity contribution in [2.75, 3.05) is 15.8 Å². The summed E-state index contributed by atoms with van der Waals surface area (Å²) in [5.74, 6) is 0.855. The van der Waals surface area contributed by atoms with E-state index in [2.05, 4.69) is 33.2 Å². The predicted molar refractivity (Wildman–Crippen MR) is 113 cm³/mol. The number of nitrogens with zero attached hydrogens (tertiary/aromatic N) is 2. The number of aromatic nitrogens is 2. The Kier molecular flexibility index (Phi) is 6.60. The fourth-order valence-corrected chi connectivity index (χ4v) is 3.85. The van der Waals surface area contributed by atoms with E-state index < -0.39 is 10.0 Å². The van der Waals surface area contributed by atoms with Crippen LogP contribution in [-0.4, -0.2) is 24.4 Å². The molecule has 0 unspecified atom stereocenters. The lowest BCUT2D eigenvalue weighted by Gasteiger charge is -2.09. The molecule has 7 heteroatoms. The van der Waals surface area contributed by atoms with E-state index in [0.717, 1.165) is 12.0 Å². The van der Waals surface area contributed by atoms with E-state index in [1.54, 1.807) is 12.1 Å². The summed E-state index contributed by atoms with van der Waals surface area (Å²) in [5, 5.41) is 11.2. The largest absolute Gasteiger partial charge is 0.364 e. The van der Waals surface area contributed by atoms with Crippen molar-refractivity contribution in [3.63, 3.8) is 0 Å². The first-order valence-electron chi connectivity index (χ1n) is 9.18. The summed E-state index contributed by atoms with van der Waals surface area (Å²) >= 11 is 0. The van der Waals surface area contributed by atoms with Gasteiger partial charge in [0.15, 0.2) is 5.82 Å². The highest BCUT2D eigenvalue weighted by molar-refractivity contribution is 7.92. The number of hydrogen-bond donors (Lipinski definition) is 2. The maximum atomic E-state index is 12.2. The SMILES string of the molecule is Cc1ccccc1CNc1ccc(NS(=O)(=O)CCCc2ccccc2)nn1. The molecule has 0 amide bonds. The van der Waals surface area contributed by atoms with Crippen molar-refractivity contribution in [2.24, 2.45) is 0 Å². The van der Waals surface area contributed by atoms with Crippen LogP contribution in [0.2, 0.25) is 0 Å². The van der Waals surface area contributed by atoms with Gasteiger partial charge in [-0.3, -0.25) is 4.72 Å². The molecule has 28 heavy (non-hydrogen) atoms. The first-order chi connectivity index (χ1) is 13.5. The number of sulfonamides is 1. The summed E-state index contributed by atoms with van der Waals surface area (Å²) in [6.45, 7) is 2.68. The van der Waals surface area contributed by atoms with E-state index in [1.807, 2.05) is 48.5 Å². The molecule has 0 atom stereocenters. The summed E-state index contributed by atoms with van der Waals surface area (Å²) in [4.78, 5) is 0. The molecule has 0 bridgehead atoms. The van der Waals surface area contributed by atoms with E-state index >= 15 is 0 Å². The van der Waals surface area contributed by atoms with Gasteiger partial charge in [0.25, 0.3) is 0 Å². The van der Waals surface area contributed by atoms with Crippen molar-refractivity contribution in [3.05, 3.63) is 83.4 Å². The predicted octanol–water partition coefficient (Wildman–Crippen LogP) is 3.77. The van der Waals surface area contributed by atoms with Crippen LogP contribution in [0.5, 0.6) is 0 Å². The lowest BCUT2D eigenvalue weighted by molar-refractivity contribution is 0.598. The molecule has 2 N–H and O–H groups in total. The molecular formula is C21H24N4O2S. The van der Waals surface area contributed by atoms with Gasteiger partial charge in [-0.05, 0) is 48.6 Å². The second-order valence-corrected chi connectivity index (χ2v) is 8.44. The number of anilines is 2. The van der Waals surface area contributed by atoms with E-state index in [0.29, 0.717) is 18.8 Å². The maximum absolute atomic E-state index is 12.2. The summed E-state index contributed by atoms with van der Waals surface area (Å²) in [7, 11) is -3.45. The monoisotopic (exact) mass is 396 g/mol. The number of aryl methyl sites for hydroxylation is 2. The smallest absolute Gasteiger partial charge is 0.233 e. The molecule has 2 aromatic carbocycles. The van der Waals surface area contributed by atoms with Crippen molar-refractivity contribution in [1.82, 2.24) is 10.2 Å². The zero-order chi connectivity index (χ0) is 19.8. The molecule has 6 nitrogen and oxygen atoms in total. The molecule has 1 heterocycles. The van der Waals surface area contributed by atoms with Crippen molar-refractivity contribution in [3.8, 4) is 0 Å².